The lowest BCUT2D eigenvalue weighted by molar-refractivity contribution is 0.0961. The number of hydrogen-bond donors (Lipinski definition) is 2. The van der Waals surface area contributed by atoms with Crippen molar-refractivity contribution < 1.29 is 9.53 Å². The van der Waals surface area contributed by atoms with E-state index in [1.165, 1.54) is 35.5 Å². The van der Waals surface area contributed by atoms with Gasteiger partial charge in [0.2, 0.25) is 5.88 Å². The summed E-state index contributed by atoms with van der Waals surface area (Å²) in [6, 6.07) is 4.27. The van der Waals surface area contributed by atoms with Crippen LogP contribution in [0.25, 0.3) is 0 Å². The van der Waals surface area contributed by atoms with Crippen molar-refractivity contribution in [3.05, 3.63) is 65.5 Å². The molecule has 1 unspecified atom stereocenters. The second-order valence-corrected chi connectivity index (χ2v) is 8.07. The predicted molar refractivity (Wildman–Crippen MR) is 132 cm³/mol. The van der Waals surface area contributed by atoms with Gasteiger partial charge in [-0.3, -0.25) is 9.79 Å². The van der Waals surface area contributed by atoms with Gasteiger partial charge in [0.25, 0.3) is 5.91 Å². The van der Waals surface area contributed by atoms with E-state index in [1.807, 2.05) is 18.4 Å². The number of ether oxygens (including phenoxy) is 1. The third-order valence-electron chi connectivity index (χ3n) is 5.10. The summed E-state index contributed by atoms with van der Waals surface area (Å²) in [5.74, 6) is 5.75. The number of nitrogens with one attached hydrogen (secondary N) is 1. The van der Waals surface area contributed by atoms with Gasteiger partial charge in [0, 0.05) is 29.5 Å². The van der Waals surface area contributed by atoms with Crippen LogP contribution in [0.1, 0.15) is 41.1 Å². The fraction of sp³-hybridized carbons (Fsp3) is 0.333. The Morgan fingerprint density at radius 3 is 2.91 bits per heavy atom. The molecule has 3 N–H and O–H groups in total. The number of hydrogen-bond acceptors (Lipinski definition) is 6. The molecule has 0 saturated carbocycles. The Morgan fingerprint density at radius 1 is 1.39 bits per heavy atom. The van der Waals surface area contributed by atoms with Gasteiger partial charge in [-0.15, -0.1) is 5.92 Å². The van der Waals surface area contributed by atoms with Gasteiger partial charge in [-0.25, -0.2) is 9.97 Å². The summed E-state index contributed by atoms with van der Waals surface area (Å²) in [6.07, 6.45) is 11.6. The number of aryl methyl sites for hydroxylation is 1. The monoisotopic (exact) mass is 464 g/mol. The van der Waals surface area contributed by atoms with Crippen LogP contribution in [-0.4, -0.2) is 45.0 Å². The second-order valence-electron chi connectivity index (χ2n) is 7.25. The van der Waals surface area contributed by atoms with Crippen molar-refractivity contribution in [2.75, 3.05) is 19.4 Å². The number of nitrogens with zero attached hydrogens (tertiary/aromatic N) is 4. The number of carbonyl (C=O) groups is 1. The van der Waals surface area contributed by atoms with Gasteiger partial charge in [-0.05, 0) is 44.7 Å². The molecular formula is C24H28N6O2S. The van der Waals surface area contributed by atoms with E-state index in [9.17, 15) is 4.79 Å². The fourth-order valence-corrected chi connectivity index (χ4v) is 3.58. The molecule has 2 heterocycles. The van der Waals surface area contributed by atoms with Crippen molar-refractivity contribution in [1.82, 2.24) is 19.9 Å². The lowest BCUT2D eigenvalue weighted by Crippen LogP contribution is -2.24. The standard InChI is InChI=1S/C24H28N6O2S/c1-4-5-14-32-22-16-27-20(15-28-22)23(31)29-19-9-7-18(8-10-19)21-11-6-17(2)30(21)13-12-26-24(25)33-3/h6-7,9-11,15-16,18H,8,12-14H2,1-3H3,(H2,25,26)(H,29,31). The molecule has 1 aliphatic rings. The summed E-state index contributed by atoms with van der Waals surface area (Å²) in [6.45, 7) is 5.47. The maximum absolute atomic E-state index is 12.5. The first-order valence-electron chi connectivity index (χ1n) is 10.6. The molecule has 9 heteroatoms. The number of carbonyl (C=O) groups excluding carboxylic acids is 1. The average molecular weight is 465 g/mol. The minimum absolute atomic E-state index is 0.218. The van der Waals surface area contributed by atoms with Gasteiger partial charge in [0.15, 0.2) is 11.8 Å². The number of amides is 1. The van der Waals surface area contributed by atoms with E-state index >= 15 is 0 Å². The van der Waals surface area contributed by atoms with Gasteiger partial charge in [-0.2, -0.15) is 0 Å². The molecule has 1 atom stereocenters. The van der Waals surface area contributed by atoms with E-state index in [0.717, 1.165) is 18.7 Å². The highest BCUT2D eigenvalue weighted by Crippen LogP contribution is 2.28. The molecular weight excluding hydrogens is 436 g/mol. The van der Waals surface area contributed by atoms with Crippen LogP contribution in [-0.2, 0) is 6.54 Å². The summed E-state index contributed by atoms with van der Waals surface area (Å²) >= 11 is 1.45. The lowest BCUT2D eigenvalue weighted by atomic mass is 9.96. The Bertz CT molecular complexity index is 1120. The van der Waals surface area contributed by atoms with Crippen LogP contribution < -0.4 is 15.8 Å². The first-order valence-corrected chi connectivity index (χ1v) is 11.8. The Kier molecular flexibility index (Phi) is 8.72. The van der Waals surface area contributed by atoms with Crippen molar-refractivity contribution in [2.45, 2.75) is 32.7 Å². The number of aliphatic imine (C=N–C) groups is 1. The molecule has 0 bridgehead atoms. The van der Waals surface area contributed by atoms with Crippen LogP contribution in [0.2, 0.25) is 0 Å². The van der Waals surface area contributed by atoms with E-state index in [-0.39, 0.29) is 24.1 Å². The predicted octanol–water partition coefficient (Wildman–Crippen LogP) is 3.02. The highest BCUT2D eigenvalue weighted by molar-refractivity contribution is 8.13. The molecule has 0 radical (unpaired) electrons. The molecule has 33 heavy (non-hydrogen) atoms. The Labute approximate surface area is 198 Å². The first kappa shape index (κ1) is 24.1. The number of amidine groups is 1. The van der Waals surface area contributed by atoms with Crippen molar-refractivity contribution in [3.63, 3.8) is 0 Å². The molecule has 0 saturated heterocycles. The SMILES string of the molecule is CC#CCOc1cnc(C(=O)NC2=CCC(c3ccc(C)n3CC/N=C(/N)SC)C=C2)cn1. The molecule has 2 aromatic rings. The fourth-order valence-electron chi connectivity index (χ4n) is 3.36. The zero-order valence-corrected chi connectivity index (χ0v) is 19.9. The third-order valence-corrected chi connectivity index (χ3v) is 5.65. The normalized spacial score (nSPS) is 15.4. The van der Waals surface area contributed by atoms with E-state index in [1.54, 1.807) is 6.92 Å². The summed E-state index contributed by atoms with van der Waals surface area (Å²) in [4.78, 5) is 25.1. The van der Waals surface area contributed by atoms with E-state index in [2.05, 4.69) is 61.8 Å². The van der Waals surface area contributed by atoms with Gasteiger partial charge in [0.1, 0.15) is 5.69 Å². The Hall–Kier alpha value is -3.51. The second kappa shape index (κ2) is 11.9. The lowest BCUT2D eigenvalue weighted by Gasteiger charge is -2.20. The van der Waals surface area contributed by atoms with Crippen LogP contribution in [0.15, 0.2) is 53.4 Å². The number of aromatic nitrogens is 3. The number of rotatable bonds is 8. The molecule has 3 rings (SSSR count). The topological polar surface area (TPSA) is 107 Å². The number of nitrogens with two attached hydrogens (primary N) is 1. The molecule has 0 aromatic carbocycles. The molecule has 172 valence electrons. The summed E-state index contributed by atoms with van der Waals surface area (Å²) in [7, 11) is 0. The van der Waals surface area contributed by atoms with Crippen molar-refractivity contribution >= 4 is 22.8 Å². The third kappa shape index (κ3) is 6.73. The summed E-state index contributed by atoms with van der Waals surface area (Å²) in [5.41, 5.74) is 9.16. The highest BCUT2D eigenvalue weighted by Gasteiger charge is 2.18. The molecule has 0 spiro atoms. The van der Waals surface area contributed by atoms with Gasteiger partial charge in [-0.1, -0.05) is 29.8 Å². The molecule has 1 amide bonds. The molecule has 8 nitrogen and oxygen atoms in total. The minimum Gasteiger partial charge on any atom is -0.463 e. The maximum Gasteiger partial charge on any atom is 0.275 e. The van der Waals surface area contributed by atoms with Crippen LogP contribution in [0.3, 0.4) is 0 Å². The van der Waals surface area contributed by atoms with Crippen molar-refractivity contribution in [2.24, 2.45) is 10.7 Å². The van der Waals surface area contributed by atoms with Crippen molar-refractivity contribution in [1.29, 1.82) is 0 Å². The maximum atomic E-state index is 12.5. The van der Waals surface area contributed by atoms with E-state index < -0.39 is 0 Å². The number of thioether (sulfide) groups is 1. The van der Waals surface area contributed by atoms with Crippen LogP contribution in [0, 0.1) is 18.8 Å². The zero-order chi connectivity index (χ0) is 23.6. The van der Waals surface area contributed by atoms with Crippen LogP contribution in [0.5, 0.6) is 5.88 Å². The first-order chi connectivity index (χ1) is 16.0. The van der Waals surface area contributed by atoms with E-state index in [4.69, 9.17) is 10.5 Å². The molecule has 0 aliphatic heterocycles. The highest BCUT2D eigenvalue weighted by atomic mass is 32.2. The van der Waals surface area contributed by atoms with Gasteiger partial charge >= 0.3 is 0 Å². The quantitative estimate of drug-likeness (QED) is 0.353. The summed E-state index contributed by atoms with van der Waals surface area (Å²) in [5, 5.41) is 3.48. The largest absolute Gasteiger partial charge is 0.463 e. The smallest absolute Gasteiger partial charge is 0.275 e. The van der Waals surface area contributed by atoms with Crippen molar-refractivity contribution in [3.8, 4) is 17.7 Å². The van der Waals surface area contributed by atoms with E-state index in [0.29, 0.717) is 17.6 Å². The average Bonchev–Trinajstić information content (AvgIpc) is 3.20. The molecule has 0 fully saturated rings. The number of allylic oxidation sites excluding steroid dienone is 3. The Morgan fingerprint density at radius 2 is 2.24 bits per heavy atom. The minimum atomic E-state index is -0.319. The van der Waals surface area contributed by atoms with Crippen LogP contribution in [0.4, 0.5) is 0 Å². The summed E-state index contributed by atoms with van der Waals surface area (Å²) < 4.78 is 7.59. The van der Waals surface area contributed by atoms with Crippen LogP contribution >= 0.6 is 11.8 Å². The molecule has 2 aromatic heterocycles. The van der Waals surface area contributed by atoms with Gasteiger partial charge < -0.3 is 20.4 Å². The Balaban J connectivity index is 1.57. The zero-order valence-electron chi connectivity index (χ0n) is 19.0. The van der Waals surface area contributed by atoms with Gasteiger partial charge in [0.05, 0.1) is 18.9 Å². The molecule has 1 aliphatic carbocycles.